The molecule has 6 nitrogen and oxygen atoms in total. The number of rotatable bonds is 4. The van der Waals surface area contributed by atoms with Gasteiger partial charge in [-0.25, -0.2) is 9.59 Å². The standard InChI is InChI=1S/C6H14N2O4Si/c1-13(2,3-11-5(7)9)4-12-6(8)10/h3-4H2,1-2H3,(H2,7,9)(H2,8,10). The van der Waals surface area contributed by atoms with Gasteiger partial charge in [0.1, 0.15) is 8.07 Å². The third-order valence-corrected chi connectivity index (χ3v) is 3.06. The van der Waals surface area contributed by atoms with E-state index in [4.69, 9.17) is 11.5 Å². The maximum absolute atomic E-state index is 10.3. The summed E-state index contributed by atoms with van der Waals surface area (Å²) in [6, 6.07) is 0. The third-order valence-electron chi connectivity index (χ3n) is 1.21. The minimum absolute atomic E-state index is 0.218. The maximum atomic E-state index is 10.3. The van der Waals surface area contributed by atoms with Crippen LogP contribution in [0.5, 0.6) is 0 Å². The normalized spacial score (nSPS) is 10.6. The first-order valence-electron chi connectivity index (χ1n) is 3.68. The number of amides is 2. The van der Waals surface area contributed by atoms with E-state index in [0.29, 0.717) is 0 Å². The van der Waals surface area contributed by atoms with Crippen molar-refractivity contribution in [3.05, 3.63) is 0 Å². The average Bonchev–Trinajstić information content (AvgIpc) is 1.98. The molecule has 2 amide bonds. The van der Waals surface area contributed by atoms with E-state index in [1.807, 2.05) is 13.1 Å². The van der Waals surface area contributed by atoms with E-state index in [9.17, 15) is 9.59 Å². The fourth-order valence-electron chi connectivity index (χ4n) is 0.575. The second-order valence-corrected chi connectivity index (χ2v) is 8.29. The molecule has 0 radical (unpaired) electrons. The summed E-state index contributed by atoms with van der Waals surface area (Å²) < 4.78 is 9.21. The van der Waals surface area contributed by atoms with Gasteiger partial charge in [-0.15, -0.1) is 0 Å². The van der Waals surface area contributed by atoms with Crippen molar-refractivity contribution in [1.82, 2.24) is 0 Å². The fourth-order valence-corrected chi connectivity index (χ4v) is 1.72. The molecule has 4 N–H and O–H groups in total. The van der Waals surface area contributed by atoms with Crippen LogP contribution in [0.1, 0.15) is 0 Å². The largest absolute Gasteiger partial charge is 0.453 e. The van der Waals surface area contributed by atoms with Gasteiger partial charge >= 0.3 is 12.2 Å². The Morgan fingerprint density at radius 2 is 1.38 bits per heavy atom. The van der Waals surface area contributed by atoms with Gasteiger partial charge < -0.3 is 20.9 Å². The highest BCUT2D eigenvalue weighted by Crippen LogP contribution is 2.03. The van der Waals surface area contributed by atoms with Gasteiger partial charge in [-0.3, -0.25) is 0 Å². The van der Waals surface area contributed by atoms with E-state index in [1.54, 1.807) is 0 Å². The lowest BCUT2D eigenvalue weighted by Gasteiger charge is -2.19. The molecule has 0 aliphatic carbocycles. The number of carbonyl (C=O) groups is 2. The van der Waals surface area contributed by atoms with Crippen molar-refractivity contribution in [3.63, 3.8) is 0 Å². The van der Waals surface area contributed by atoms with Crippen LogP contribution in [0, 0.1) is 0 Å². The molecule has 0 spiro atoms. The molecule has 13 heavy (non-hydrogen) atoms. The fraction of sp³-hybridized carbons (Fsp3) is 0.667. The number of primary amides is 2. The Kier molecular flexibility index (Phi) is 4.25. The van der Waals surface area contributed by atoms with Crippen LogP contribution in [0.15, 0.2) is 0 Å². The Bertz CT molecular complexity index is 187. The number of ether oxygens (including phenoxy) is 2. The molecule has 0 heterocycles. The molecule has 0 bridgehead atoms. The molecule has 0 rings (SSSR count). The molecule has 0 aliphatic rings. The molecule has 0 atom stereocenters. The summed E-state index contributed by atoms with van der Waals surface area (Å²) in [7, 11) is -1.87. The highest BCUT2D eigenvalue weighted by molar-refractivity contribution is 6.77. The number of hydrogen-bond acceptors (Lipinski definition) is 4. The second-order valence-electron chi connectivity index (χ2n) is 3.38. The summed E-state index contributed by atoms with van der Waals surface area (Å²) in [5, 5.41) is 0. The predicted molar refractivity (Wildman–Crippen MR) is 48.6 cm³/mol. The van der Waals surface area contributed by atoms with Crippen molar-refractivity contribution in [1.29, 1.82) is 0 Å². The Morgan fingerprint density at radius 3 is 1.62 bits per heavy atom. The predicted octanol–water partition coefficient (Wildman–Crippen LogP) is -0.0362. The van der Waals surface area contributed by atoms with Gasteiger partial charge in [-0.1, -0.05) is 13.1 Å². The molecule has 76 valence electrons. The Hall–Kier alpha value is -1.24. The monoisotopic (exact) mass is 206 g/mol. The number of nitrogens with two attached hydrogens (primary N) is 2. The SMILES string of the molecule is C[Si](C)(COC(N)=O)COC(N)=O. The Balaban J connectivity index is 3.79. The van der Waals surface area contributed by atoms with Gasteiger partial charge in [0, 0.05) is 0 Å². The van der Waals surface area contributed by atoms with Gasteiger partial charge in [0.25, 0.3) is 0 Å². The molecular weight excluding hydrogens is 192 g/mol. The molecule has 0 saturated carbocycles. The summed E-state index contributed by atoms with van der Waals surface area (Å²) in [5.74, 6) is 0. The first-order valence-corrected chi connectivity index (χ1v) is 7.09. The van der Waals surface area contributed by atoms with Crippen LogP contribution >= 0.6 is 0 Å². The van der Waals surface area contributed by atoms with E-state index in [1.165, 1.54) is 0 Å². The van der Waals surface area contributed by atoms with Gasteiger partial charge in [0.05, 0.1) is 12.5 Å². The average molecular weight is 206 g/mol. The highest BCUT2D eigenvalue weighted by atomic mass is 28.3. The van der Waals surface area contributed by atoms with Gasteiger partial charge in [-0.2, -0.15) is 0 Å². The van der Waals surface area contributed by atoms with Crippen molar-refractivity contribution < 1.29 is 19.1 Å². The molecule has 0 fully saturated rings. The lowest BCUT2D eigenvalue weighted by molar-refractivity contribution is 0.164. The Labute approximate surface area is 77.2 Å². The van der Waals surface area contributed by atoms with Crippen LogP contribution in [0.2, 0.25) is 13.1 Å². The van der Waals surface area contributed by atoms with E-state index in [-0.39, 0.29) is 12.5 Å². The van der Waals surface area contributed by atoms with Crippen molar-refractivity contribution in [2.45, 2.75) is 13.1 Å². The van der Waals surface area contributed by atoms with E-state index in [2.05, 4.69) is 9.47 Å². The van der Waals surface area contributed by atoms with Gasteiger partial charge in [0.15, 0.2) is 0 Å². The zero-order valence-corrected chi connectivity index (χ0v) is 8.70. The Morgan fingerprint density at radius 1 is 1.08 bits per heavy atom. The minimum Gasteiger partial charge on any atom is -0.453 e. The van der Waals surface area contributed by atoms with Crippen molar-refractivity contribution in [2.75, 3.05) is 12.5 Å². The minimum atomic E-state index is -1.87. The molecule has 0 saturated heterocycles. The van der Waals surface area contributed by atoms with E-state index < -0.39 is 20.3 Å². The van der Waals surface area contributed by atoms with Gasteiger partial charge in [0.2, 0.25) is 0 Å². The molecule has 0 aliphatic heterocycles. The van der Waals surface area contributed by atoms with Crippen molar-refractivity contribution in [3.8, 4) is 0 Å². The summed E-state index contributed by atoms with van der Waals surface area (Å²) in [4.78, 5) is 20.5. The first-order chi connectivity index (χ1) is 5.83. The topological polar surface area (TPSA) is 105 Å². The van der Waals surface area contributed by atoms with Gasteiger partial charge in [-0.05, 0) is 0 Å². The molecule has 0 aromatic heterocycles. The maximum Gasteiger partial charge on any atom is 0.404 e. The summed E-state index contributed by atoms with van der Waals surface area (Å²) in [6.07, 6.45) is -1.20. The quantitative estimate of drug-likeness (QED) is 0.630. The number of hydrogen-bond donors (Lipinski definition) is 2. The van der Waals surface area contributed by atoms with Crippen LogP contribution in [0.25, 0.3) is 0 Å². The second kappa shape index (κ2) is 4.70. The summed E-state index contributed by atoms with van der Waals surface area (Å²) in [5.41, 5.74) is 9.57. The zero-order valence-electron chi connectivity index (χ0n) is 7.70. The lowest BCUT2D eigenvalue weighted by atomic mass is 11.2. The van der Waals surface area contributed by atoms with E-state index >= 15 is 0 Å². The first kappa shape index (κ1) is 11.8. The number of carbonyl (C=O) groups excluding carboxylic acids is 2. The smallest absolute Gasteiger partial charge is 0.404 e. The summed E-state index contributed by atoms with van der Waals surface area (Å²) >= 11 is 0. The molecule has 0 aromatic carbocycles. The summed E-state index contributed by atoms with van der Waals surface area (Å²) in [6.45, 7) is 3.78. The van der Waals surface area contributed by atoms with Crippen LogP contribution in [-0.4, -0.2) is 32.7 Å². The molecule has 7 heteroatoms. The lowest BCUT2D eigenvalue weighted by Crippen LogP contribution is -2.42. The molecule has 0 unspecified atom stereocenters. The van der Waals surface area contributed by atoms with Crippen LogP contribution in [0.4, 0.5) is 9.59 Å². The van der Waals surface area contributed by atoms with Crippen molar-refractivity contribution >= 4 is 20.3 Å². The van der Waals surface area contributed by atoms with Crippen molar-refractivity contribution in [2.24, 2.45) is 11.5 Å². The zero-order chi connectivity index (χ0) is 10.5. The van der Waals surface area contributed by atoms with Crippen LogP contribution in [-0.2, 0) is 9.47 Å². The van der Waals surface area contributed by atoms with Crippen LogP contribution in [0.3, 0.4) is 0 Å². The molecular formula is C6H14N2O4Si. The molecule has 0 aromatic rings. The third kappa shape index (κ3) is 7.13. The van der Waals surface area contributed by atoms with Crippen LogP contribution < -0.4 is 11.5 Å². The van der Waals surface area contributed by atoms with E-state index in [0.717, 1.165) is 0 Å². The highest BCUT2D eigenvalue weighted by Gasteiger charge is 2.24.